The molecule has 0 unspecified atom stereocenters. The standard InChI is InChI=1S/C15H13BrN4/c1-10-4-2-3-5-12(10)15-13(17)9-20(19-15)14-7-6-11(16)8-18-14/h2-9H,17H2,1H3. The third-order valence-corrected chi connectivity index (χ3v) is 3.56. The Morgan fingerprint density at radius 1 is 1.15 bits per heavy atom. The number of nitrogen functional groups attached to an aromatic ring is 1. The first-order chi connectivity index (χ1) is 9.65. The van der Waals surface area contributed by atoms with Crippen molar-refractivity contribution >= 4 is 21.6 Å². The Labute approximate surface area is 125 Å². The van der Waals surface area contributed by atoms with Gasteiger partial charge in [0.15, 0.2) is 5.82 Å². The highest BCUT2D eigenvalue weighted by Crippen LogP contribution is 2.27. The molecule has 0 aliphatic rings. The fourth-order valence-electron chi connectivity index (χ4n) is 2.06. The summed E-state index contributed by atoms with van der Waals surface area (Å²) in [6.07, 6.45) is 3.53. The van der Waals surface area contributed by atoms with E-state index in [0.717, 1.165) is 27.1 Å². The molecule has 0 aliphatic heterocycles. The molecular formula is C15H13BrN4. The summed E-state index contributed by atoms with van der Waals surface area (Å²) in [5, 5.41) is 4.55. The molecule has 0 spiro atoms. The number of anilines is 1. The number of aryl methyl sites for hydroxylation is 1. The van der Waals surface area contributed by atoms with E-state index >= 15 is 0 Å². The number of hydrogen-bond donors (Lipinski definition) is 1. The molecule has 2 heterocycles. The van der Waals surface area contributed by atoms with Gasteiger partial charge in [0, 0.05) is 16.2 Å². The van der Waals surface area contributed by atoms with Gasteiger partial charge in [0.25, 0.3) is 0 Å². The summed E-state index contributed by atoms with van der Waals surface area (Å²) in [6.45, 7) is 2.05. The monoisotopic (exact) mass is 328 g/mol. The molecule has 3 rings (SSSR count). The number of nitrogens with zero attached hydrogens (tertiary/aromatic N) is 3. The maximum absolute atomic E-state index is 6.09. The largest absolute Gasteiger partial charge is 0.396 e. The van der Waals surface area contributed by atoms with Crippen LogP contribution in [0.3, 0.4) is 0 Å². The minimum Gasteiger partial charge on any atom is -0.396 e. The van der Waals surface area contributed by atoms with E-state index in [-0.39, 0.29) is 0 Å². The zero-order valence-electron chi connectivity index (χ0n) is 10.9. The van der Waals surface area contributed by atoms with Gasteiger partial charge < -0.3 is 5.73 Å². The molecule has 0 radical (unpaired) electrons. The summed E-state index contributed by atoms with van der Waals surface area (Å²) < 4.78 is 2.63. The lowest BCUT2D eigenvalue weighted by Gasteiger charge is -2.03. The Morgan fingerprint density at radius 3 is 2.65 bits per heavy atom. The van der Waals surface area contributed by atoms with Crippen molar-refractivity contribution in [2.75, 3.05) is 5.73 Å². The average molecular weight is 329 g/mol. The van der Waals surface area contributed by atoms with E-state index < -0.39 is 0 Å². The van der Waals surface area contributed by atoms with Crippen LogP contribution in [0.25, 0.3) is 17.1 Å². The molecule has 0 atom stereocenters. The SMILES string of the molecule is Cc1ccccc1-c1nn(-c2ccc(Br)cn2)cc1N. The van der Waals surface area contributed by atoms with Gasteiger partial charge in [-0.3, -0.25) is 0 Å². The van der Waals surface area contributed by atoms with Crippen LogP contribution < -0.4 is 5.73 Å². The van der Waals surface area contributed by atoms with E-state index in [0.29, 0.717) is 5.69 Å². The quantitative estimate of drug-likeness (QED) is 0.782. The van der Waals surface area contributed by atoms with E-state index in [1.807, 2.05) is 43.3 Å². The van der Waals surface area contributed by atoms with Crippen molar-refractivity contribution in [3.05, 3.63) is 58.8 Å². The molecule has 4 nitrogen and oxygen atoms in total. The minimum absolute atomic E-state index is 0.643. The van der Waals surface area contributed by atoms with Crippen molar-refractivity contribution in [1.29, 1.82) is 0 Å². The van der Waals surface area contributed by atoms with E-state index in [2.05, 4.69) is 26.0 Å². The number of aromatic nitrogens is 3. The van der Waals surface area contributed by atoms with Crippen LogP contribution in [0.1, 0.15) is 5.56 Å². The molecule has 0 aliphatic carbocycles. The maximum Gasteiger partial charge on any atom is 0.153 e. The van der Waals surface area contributed by atoms with E-state index in [1.54, 1.807) is 17.1 Å². The van der Waals surface area contributed by atoms with Crippen molar-refractivity contribution in [2.24, 2.45) is 0 Å². The molecule has 0 fully saturated rings. The van der Waals surface area contributed by atoms with Crippen LogP contribution in [0.4, 0.5) is 5.69 Å². The van der Waals surface area contributed by atoms with Gasteiger partial charge in [-0.15, -0.1) is 0 Å². The Balaban J connectivity index is 2.08. The fraction of sp³-hybridized carbons (Fsp3) is 0.0667. The smallest absolute Gasteiger partial charge is 0.153 e. The number of benzene rings is 1. The second-order valence-corrected chi connectivity index (χ2v) is 5.44. The highest BCUT2D eigenvalue weighted by Gasteiger charge is 2.11. The van der Waals surface area contributed by atoms with Crippen molar-refractivity contribution in [2.45, 2.75) is 6.92 Å². The third kappa shape index (κ3) is 2.32. The number of pyridine rings is 1. The van der Waals surface area contributed by atoms with Crippen molar-refractivity contribution < 1.29 is 0 Å². The average Bonchev–Trinajstić information content (AvgIpc) is 2.82. The first kappa shape index (κ1) is 12.9. The molecule has 100 valence electrons. The van der Waals surface area contributed by atoms with Gasteiger partial charge in [0.1, 0.15) is 5.69 Å². The number of hydrogen-bond acceptors (Lipinski definition) is 3. The predicted octanol–water partition coefficient (Wildman–Crippen LogP) is 3.59. The lowest BCUT2D eigenvalue weighted by atomic mass is 10.1. The van der Waals surface area contributed by atoms with Gasteiger partial charge in [-0.25, -0.2) is 9.67 Å². The second kappa shape index (κ2) is 5.09. The minimum atomic E-state index is 0.643. The van der Waals surface area contributed by atoms with E-state index in [4.69, 9.17) is 5.73 Å². The van der Waals surface area contributed by atoms with Crippen LogP contribution in [0, 0.1) is 6.92 Å². The van der Waals surface area contributed by atoms with Crippen LogP contribution in [-0.4, -0.2) is 14.8 Å². The van der Waals surface area contributed by atoms with Crippen molar-refractivity contribution in [3.63, 3.8) is 0 Å². The molecule has 0 amide bonds. The summed E-state index contributed by atoms with van der Waals surface area (Å²) in [5.41, 5.74) is 9.71. The van der Waals surface area contributed by atoms with Gasteiger partial charge in [0.2, 0.25) is 0 Å². The van der Waals surface area contributed by atoms with Gasteiger partial charge >= 0.3 is 0 Å². The predicted molar refractivity (Wildman–Crippen MR) is 83.6 cm³/mol. The summed E-state index contributed by atoms with van der Waals surface area (Å²) in [4.78, 5) is 4.32. The summed E-state index contributed by atoms with van der Waals surface area (Å²) >= 11 is 3.37. The van der Waals surface area contributed by atoms with Crippen molar-refractivity contribution in [3.8, 4) is 17.1 Å². The maximum atomic E-state index is 6.09. The van der Waals surface area contributed by atoms with Crippen LogP contribution in [-0.2, 0) is 0 Å². The van der Waals surface area contributed by atoms with E-state index in [9.17, 15) is 0 Å². The van der Waals surface area contributed by atoms with E-state index in [1.165, 1.54) is 0 Å². The molecule has 0 bridgehead atoms. The molecule has 0 saturated heterocycles. The topological polar surface area (TPSA) is 56.7 Å². The highest BCUT2D eigenvalue weighted by atomic mass is 79.9. The van der Waals surface area contributed by atoms with Crippen LogP contribution in [0.15, 0.2) is 53.3 Å². The second-order valence-electron chi connectivity index (χ2n) is 4.53. The van der Waals surface area contributed by atoms with Crippen LogP contribution in [0.5, 0.6) is 0 Å². The molecule has 1 aromatic carbocycles. The molecule has 2 N–H and O–H groups in total. The molecule has 20 heavy (non-hydrogen) atoms. The van der Waals surface area contributed by atoms with Gasteiger partial charge in [-0.05, 0) is 40.5 Å². The number of halogens is 1. The lowest BCUT2D eigenvalue weighted by molar-refractivity contribution is 0.849. The third-order valence-electron chi connectivity index (χ3n) is 3.09. The highest BCUT2D eigenvalue weighted by molar-refractivity contribution is 9.10. The Bertz CT molecular complexity index is 747. The van der Waals surface area contributed by atoms with Gasteiger partial charge in [0.05, 0.1) is 11.9 Å². The number of rotatable bonds is 2. The fourth-order valence-corrected chi connectivity index (χ4v) is 2.29. The number of nitrogens with two attached hydrogens (primary N) is 1. The van der Waals surface area contributed by atoms with Crippen LogP contribution in [0.2, 0.25) is 0 Å². The Morgan fingerprint density at radius 2 is 1.95 bits per heavy atom. The molecule has 2 aromatic heterocycles. The lowest BCUT2D eigenvalue weighted by Crippen LogP contribution is -1.97. The summed E-state index contributed by atoms with van der Waals surface area (Å²) in [7, 11) is 0. The normalized spacial score (nSPS) is 10.7. The molecule has 5 heteroatoms. The van der Waals surface area contributed by atoms with Crippen molar-refractivity contribution in [1.82, 2.24) is 14.8 Å². The molecular weight excluding hydrogens is 316 g/mol. The summed E-state index contributed by atoms with van der Waals surface area (Å²) in [5.74, 6) is 0.736. The Kier molecular flexibility index (Phi) is 3.28. The summed E-state index contributed by atoms with van der Waals surface area (Å²) in [6, 6.07) is 11.9. The van der Waals surface area contributed by atoms with Crippen LogP contribution >= 0.6 is 15.9 Å². The van der Waals surface area contributed by atoms with Gasteiger partial charge in [-0.2, -0.15) is 5.10 Å². The zero-order chi connectivity index (χ0) is 14.1. The zero-order valence-corrected chi connectivity index (χ0v) is 12.5. The molecule has 3 aromatic rings. The first-order valence-electron chi connectivity index (χ1n) is 6.18. The van der Waals surface area contributed by atoms with Gasteiger partial charge in [-0.1, -0.05) is 24.3 Å². The Hall–Kier alpha value is -2.14. The molecule has 0 saturated carbocycles. The first-order valence-corrected chi connectivity index (χ1v) is 6.97.